The molecule has 0 spiro atoms. The molecular formula is C16H21N3O. The van der Waals surface area contributed by atoms with Crippen molar-refractivity contribution in [3.05, 3.63) is 63.6 Å². The predicted octanol–water partition coefficient (Wildman–Crippen LogP) is 1.28. The number of rotatable bonds is 4. The van der Waals surface area contributed by atoms with Gasteiger partial charge < -0.3 is 11.5 Å². The molecule has 1 atom stereocenters. The Morgan fingerprint density at radius 2 is 1.95 bits per heavy atom. The Bertz CT molecular complexity index is 661. The van der Waals surface area contributed by atoms with Crippen LogP contribution in [0.25, 0.3) is 5.69 Å². The zero-order valence-corrected chi connectivity index (χ0v) is 12.0. The van der Waals surface area contributed by atoms with Crippen molar-refractivity contribution in [3.8, 4) is 5.69 Å². The third kappa shape index (κ3) is 3.15. The van der Waals surface area contributed by atoms with Crippen molar-refractivity contribution in [2.24, 2.45) is 11.5 Å². The summed E-state index contributed by atoms with van der Waals surface area (Å²) in [5, 5.41) is 0. The molecule has 0 saturated carbocycles. The van der Waals surface area contributed by atoms with Crippen LogP contribution in [0.4, 0.5) is 0 Å². The van der Waals surface area contributed by atoms with E-state index in [0.717, 1.165) is 28.8 Å². The summed E-state index contributed by atoms with van der Waals surface area (Å²) >= 11 is 0. The molecule has 2 aromatic rings. The first-order valence-corrected chi connectivity index (χ1v) is 6.76. The van der Waals surface area contributed by atoms with Gasteiger partial charge in [0.1, 0.15) is 0 Å². The minimum Gasteiger partial charge on any atom is -0.329 e. The van der Waals surface area contributed by atoms with Gasteiger partial charge in [0.15, 0.2) is 0 Å². The minimum absolute atomic E-state index is 0.0143. The van der Waals surface area contributed by atoms with Gasteiger partial charge >= 0.3 is 0 Å². The highest BCUT2D eigenvalue weighted by atomic mass is 16.1. The van der Waals surface area contributed by atoms with E-state index in [2.05, 4.69) is 6.07 Å². The van der Waals surface area contributed by atoms with E-state index in [1.807, 2.05) is 38.2 Å². The zero-order chi connectivity index (χ0) is 14.7. The standard InChI is InChI=1S/C16H21N3O/c1-11-5-6-19(16(20)7-11)15-4-3-13(8-12(15)2)9-14(18)10-17/h3-8,14H,9-10,17-18H2,1-2H3. The van der Waals surface area contributed by atoms with Crippen LogP contribution < -0.4 is 17.0 Å². The van der Waals surface area contributed by atoms with Gasteiger partial charge in [0.2, 0.25) is 0 Å². The van der Waals surface area contributed by atoms with Crippen molar-refractivity contribution >= 4 is 0 Å². The van der Waals surface area contributed by atoms with Gasteiger partial charge in [0.25, 0.3) is 5.56 Å². The maximum Gasteiger partial charge on any atom is 0.255 e. The first kappa shape index (κ1) is 14.5. The Morgan fingerprint density at radius 1 is 1.20 bits per heavy atom. The van der Waals surface area contributed by atoms with Crippen LogP contribution >= 0.6 is 0 Å². The number of aryl methyl sites for hydroxylation is 2. The van der Waals surface area contributed by atoms with Crippen molar-refractivity contribution in [3.63, 3.8) is 0 Å². The van der Waals surface area contributed by atoms with E-state index < -0.39 is 0 Å². The summed E-state index contributed by atoms with van der Waals surface area (Å²) in [5.41, 5.74) is 15.5. The van der Waals surface area contributed by atoms with E-state index in [4.69, 9.17) is 11.5 Å². The maximum absolute atomic E-state index is 12.0. The quantitative estimate of drug-likeness (QED) is 0.879. The lowest BCUT2D eigenvalue weighted by Gasteiger charge is -2.13. The SMILES string of the molecule is Cc1ccn(-c2ccc(CC(N)CN)cc2C)c(=O)c1. The van der Waals surface area contributed by atoms with Crippen LogP contribution in [-0.4, -0.2) is 17.2 Å². The largest absolute Gasteiger partial charge is 0.329 e. The lowest BCUT2D eigenvalue weighted by Crippen LogP contribution is -2.31. The topological polar surface area (TPSA) is 74.0 Å². The first-order chi connectivity index (χ1) is 9.51. The molecule has 0 saturated heterocycles. The molecule has 0 bridgehead atoms. The van der Waals surface area contributed by atoms with Gasteiger partial charge in [-0.25, -0.2) is 0 Å². The molecule has 1 aromatic carbocycles. The highest BCUT2D eigenvalue weighted by molar-refractivity contribution is 5.43. The Balaban J connectivity index is 2.37. The van der Waals surface area contributed by atoms with Crippen LogP contribution in [0.1, 0.15) is 16.7 Å². The van der Waals surface area contributed by atoms with Crippen molar-refractivity contribution in [2.75, 3.05) is 6.54 Å². The van der Waals surface area contributed by atoms with Gasteiger partial charge in [0.05, 0.1) is 5.69 Å². The Labute approximate surface area is 119 Å². The fourth-order valence-corrected chi connectivity index (χ4v) is 2.28. The minimum atomic E-state index is -0.0256. The molecule has 0 aliphatic rings. The van der Waals surface area contributed by atoms with Crippen LogP contribution in [0.15, 0.2) is 41.3 Å². The maximum atomic E-state index is 12.0. The molecular weight excluding hydrogens is 250 g/mol. The molecule has 1 aromatic heterocycles. The van der Waals surface area contributed by atoms with Crippen LogP contribution in [0.5, 0.6) is 0 Å². The van der Waals surface area contributed by atoms with Crippen LogP contribution in [-0.2, 0) is 6.42 Å². The molecule has 2 rings (SSSR count). The average Bonchev–Trinajstić information content (AvgIpc) is 2.40. The fraction of sp³-hybridized carbons (Fsp3) is 0.312. The summed E-state index contributed by atoms with van der Waals surface area (Å²) in [5.74, 6) is 0. The van der Waals surface area contributed by atoms with Crippen molar-refractivity contribution in [1.82, 2.24) is 4.57 Å². The Hall–Kier alpha value is -1.91. The van der Waals surface area contributed by atoms with E-state index >= 15 is 0 Å². The first-order valence-electron chi connectivity index (χ1n) is 6.76. The molecule has 0 radical (unpaired) electrons. The molecule has 20 heavy (non-hydrogen) atoms. The lowest BCUT2D eigenvalue weighted by atomic mass is 10.0. The number of nitrogens with two attached hydrogens (primary N) is 2. The van der Waals surface area contributed by atoms with E-state index in [9.17, 15) is 4.79 Å². The third-order valence-corrected chi connectivity index (χ3v) is 3.40. The van der Waals surface area contributed by atoms with E-state index in [-0.39, 0.29) is 11.6 Å². The van der Waals surface area contributed by atoms with Gasteiger partial charge in [-0.05, 0) is 49.1 Å². The summed E-state index contributed by atoms with van der Waals surface area (Å²) in [6.07, 6.45) is 2.56. The third-order valence-electron chi connectivity index (χ3n) is 3.40. The monoisotopic (exact) mass is 271 g/mol. The molecule has 0 fully saturated rings. The second-order valence-corrected chi connectivity index (χ2v) is 5.23. The van der Waals surface area contributed by atoms with Gasteiger partial charge in [-0.15, -0.1) is 0 Å². The van der Waals surface area contributed by atoms with Crippen LogP contribution in [0, 0.1) is 13.8 Å². The lowest BCUT2D eigenvalue weighted by molar-refractivity contribution is 0.678. The van der Waals surface area contributed by atoms with Crippen molar-refractivity contribution < 1.29 is 0 Å². The summed E-state index contributed by atoms with van der Waals surface area (Å²) < 4.78 is 1.66. The van der Waals surface area contributed by atoms with Gasteiger partial charge in [0, 0.05) is 24.8 Å². The molecule has 4 N–H and O–H groups in total. The van der Waals surface area contributed by atoms with E-state index in [1.165, 1.54) is 0 Å². The summed E-state index contributed by atoms with van der Waals surface area (Å²) in [6, 6.07) is 9.57. The fourth-order valence-electron chi connectivity index (χ4n) is 2.28. The molecule has 0 aliphatic heterocycles. The zero-order valence-electron chi connectivity index (χ0n) is 12.0. The smallest absolute Gasteiger partial charge is 0.255 e. The molecule has 1 unspecified atom stereocenters. The highest BCUT2D eigenvalue weighted by Crippen LogP contribution is 2.15. The molecule has 106 valence electrons. The number of aromatic nitrogens is 1. The summed E-state index contributed by atoms with van der Waals surface area (Å²) in [4.78, 5) is 12.0. The van der Waals surface area contributed by atoms with E-state index in [1.54, 1.807) is 10.6 Å². The van der Waals surface area contributed by atoms with Gasteiger partial charge in [-0.1, -0.05) is 12.1 Å². The summed E-state index contributed by atoms with van der Waals surface area (Å²) in [6.45, 7) is 4.38. The second kappa shape index (κ2) is 6.03. The molecule has 4 heteroatoms. The molecule has 1 heterocycles. The van der Waals surface area contributed by atoms with Crippen LogP contribution in [0.2, 0.25) is 0 Å². The highest BCUT2D eigenvalue weighted by Gasteiger charge is 2.07. The van der Waals surface area contributed by atoms with Crippen molar-refractivity contribution in [2.45, 2.75) is 26.3 Å². The molecule has 0 aliphatic carbocycles. The summed E-state index contributed by atoms with van der Waals surface area (Å²) in [7, 11) is 0. The second-order valence-electron chi connectivity index (χ2n) is 5.23. The number of pyridine rings is 1. The number of nitrogens with zero attached hydrogens (tertiary/aromatic N) is 1. The predicted molar refractivity (Wildman–Crippen MR) is 82.2 cm³/mol. The average molecular weight is 271 g/mol. The Morgan fingerprint density at radius 3 is 2.55 bits per heavy atom. The Kier molecular flexibility index (Phi) is 4.37. The number of hydrogen-bond acceptors (Lipinski definition) is 3. The number of benzene rings is 1. The van der Waals surface area contributed by atoms with Crippen molar-refractivity contribution in [1.29, 1.82) is 0 Å². The van der Waals surface area contributed by atoms with Gasteiger partial charge in [-0.3, -0.25) is 9.36 Å². The number of hydrogen-bond donors (Lipinski definition) is 2. The van der Waals surface area contributed by atoms with E-state index in [0.29, 0.717) is 6.54 Å². The molecule has 0 amide bonds. The molecule has 4 nitrogen and oxygen atoms in total. The normalized spacial score (nSPS) is 12.4. The van der Waals surface area contributed by atoms with Gasteiger partial charge in [-0.2, -0.15) is 0 Å². The van der Waals surface area contributed by atoms with Crippen LogP contribution in [0.3, 0.4) is 0 Å².